The number of H-pyrrole nitrogens is 1. The molecule has 0 fully saturated rings. The van der Waals surface area contributed by atoms with E-state index in [1.54, 1.807) is 6.92 Å². The van der Waals surface area contributed by atoms with Crippen molar-refractivity contribution in [2.24, 2.45) is 5.92 Å². The second-order valence-electron chi connectivity index (χ2n) is 3.84. The topological polar surface area (TPSA) is 53.1 Å². The Morgan fingerprint density at radius 2 is 2.27 bits per heavy atom. The van der Waals surface area contributed by atoms with Crippen LogP contribution in [0, 0.1) is 5.92 Å². The van der Waals surface area contributed by atoms with Gasteiger partial charge in [-0.1, -0.05) is 13.0 Å². The molecule has 0 radical (unpaired) electrons. The number of nitrogens with one attached hydrogen (secondary N) is 1. The molecule has 0 aliphatic carbocycles. The molecule has 1 atom stereocenters. The lowest BCUT2D eigenvalue weighted by Crippen LogP contribution is -2.12. The Balaban J connectivity index is 2.24. The first kappa shape index (κ1) is 9.77. The van der Waals surface area contributed by atoms with Crippen molar-refractivity contribution in [3.8, 4) is 0 Å². The minimum Gasteiger partial charge on any atom is -0.481 e. The smallest absolute Gasteiger partial charge is 0.306 e. The fourth-order valence-corrected chi connectivity index (χ4v) is 1.67. The number of carboxylic acids is 1. The van der Waals surface area contributed by atoms with Gasteiger partial charge in [-0.15, -0.1) is 0 Å². The monoisotopic (exact) mass is 203 g/mol. The first-order valence-electron chi connectivity index (χ1n) is 4.95. The van der Waals surface area contributed by atoms with Crippen molar-refractivity contribution in [2.75, 3.05) is 0 Å². The average molecular weight is 203 g/mol. The van der Waals surface area contributed by atoms with Crippen molar-refractivity contribution >= 4 is 16.9 Å². The van der Waals surface area contributed by atoms with E-state index >= 15 is 0 Å². The SMILES string of the molecule is CC(Cc1ccc2[nH]ccc2c1)C(=O)O. The lowest BCUT2D eigenvalue weighted by molar-refractivity contribution is -0.141. The predicted molar refractivity (Wildman–Crippen MR) is 58.8 cm³/mol. The van der Waals surface area contributed by atoms with Crippen LogP contribution in [0.5, 0.6) is 0 Å². The molecule has 2 rings (SSSR count). The number of benzene rings is 1. The van der Waals surface area contributed by atoms with Crippen LogP contribution in [-0.4, -0.2) is 16.1 Å². The van der Waals surface area contributed by atoms with Gasteiger partial charge in [0.2, 0.25) is 0 Å². The summed E-state index contributed by atoms with van der Waals surface area (Å²) in [6.45, 7) is 1.73. The third-order valence-corrected chi connectivity index (χ3v) is 2.58. The predicted octanol–water partition coefficient (Wildman–Crippen LogP) is 2.43. The molecule has 0 aliphatic heterocycles. The molecule has 2 aromatic rings. The van der Waals surface area contributed by atoms with Crippen LogP contribution in [-0.2, 0) is 11.2 Å². The van der Waals surface area contributed by atoms with Crippen LogP contribution in [0.3, 0.4) is 0 Å². The van der Waals surface area contributed by atoms with Gasteiger partial charge in [-0.3, -0.25) is 4.79 Å². The zero-order chi connectivity index (χ0) is 10.8. The Morgan fingerprint density at radius 1 is 1.47 bits per heavy atom. The summed E-state index contributed by atoms with van der Waals surface area (Å²) in [7, 11) is 0. The molecule has 0 saturated heterocycles. The number of aromatic amines is 1. The van der Waals surface area contributed by atoms with Crippen LogP contribution in [0.25, 0.3) is 10.9 Å². The van der Waals surface area contributed by atoms with E-state index in [2.05, 4.69) is 4.98 Å². The van der Waals surface area contributed by atoms with E-state index in [-0.39, 0.29) is 5.92 Å². The van der Waals surface area contributed by atoms with E-state index in [1.165, 1.54) is 0 Å². The lowest BCUT2D eigenvalue weighted by atomic mass is 10.0. The Labute approximate surface area is 87.7 Å². The fraction of sp³-hybridized carbons (Fsp3) is 0.250. The van der Waals surface area contributed by atoms with Gasteiger partial charge < -0.3 is 10.1 Å². The first-order valence-corrected chi connectivity index (χ1v) is 4.95. The van der Waals surface area contributed by atoms with Crippen molar-refractivity contribution in [3.05, 3.63) is 36.0 Å². The zero-order valence-electron chi connectivity index (χ0n) is 8.53. The van der Waals surface area contributed by atoms with Crippen LogP contribution in [0.4, 0.5) is 0 Å². The number of hydrogen-bond donors (Lipinski definition) is 2. The molecule has 0 aliphatic rings. The molecule has 78 valence electrons. The van der Waals surface area contributed by atoms with Crippen LogP contribution in [0.15, 0.2) is 30.5 Å². The number of carboxylic acid groups (broad SMARTS) is 1. The summed E-state index contributed by atoms with van der Waals surface area (Å²) < 4.78 is 0. The van der Waals surface area contributed by atoms with Gasteiger partial charge >= 0.3 is 5.97 Å². The second-order valence-corrected chi connectivity index (χ2v) is 3.84. The molecule has 15 heavy (non-hydrogen) atoms. The van der Waals surface area contributed by atoms with E-state index < -0.39 is 5.97 Å². The highest BCUT2D eigenvalue weighted by atomic mass is 16.4. The van der Waals surface area contributed by atoms with E-state index in [0.717, 1.165) is 16.5 Å². The number of fused-ring (bicyclic) bond motifs is 1. The molecule has 1 unspecified atom stereocenters. The maximum absolute atomic E-state index is 10.7. The van der Waals surface area contributed by atoms with Crippen molar-refractivity contribution in [1.82, 2.24) is 4.98 Å². The van der Waals surface area contributed by atoms with Crippen molar-refractivity contribution in [1.29, 1.82) is 0 Å². The largest absolute Gasteiger partial charge is 0.481 e. The van der Waals surface area contributed by atoms with E-state index in [9.17, 15) is 4.79 Å². The van der Waals surface area contributed by atoms with Gasteiger partial charge in [-0.05, 0) is 35.6 Å². The molecule has 1 heterocycles. The molecule has 0 spiro atoms. The highest BCUT2D eigenvalue weighted by Gasteiger charge is 2.11. The van der Waals surface area contributed by atoms with Crippen molar-refractivity contribution in [3.63, 3.8) is 0 Å². The van der Waals surface area contributed by atoms with Crippen LogP contribution in [0.2, 0.25) is 0 Å². The van der Waals surface area contributed by atoms with Gasteiger partial charge in [-0.25, -0.2) is 0 Å². The normalized spacial score (nSPS) is 12.9. The number of rotatable bonds is 3. The number of aliphatic carboxylic acids is 1. The minimum absolute atomic E-state index is 0.332. The van der Waals surface area contributed by atoms with Gasteiger partial charge in [0, 0.05) is 11.7 Å². The summed E-state index contributed by atoms with van der Waals surface area (Å²) in [6.07, 6.45) is 2.46. The second kappa shape index (κ2) is 3.77. The summed E-state index contributed by atoms with van der Waals surface area (Å²) >= 11 is 0. The van der Waals surface area contributed by atoms with Crippen LogP contribution >= 0.6 is 0 Å². The number of hydrogen-bond acceptors (Lipinski definition) is 1. The third kappa shape index (κ3) is 2.01. The standard InChI is InChI=1S/C12H13NO2/c1-8(12(14)15)6-9-2-3-11-10(7-9)4-5-13-11/h2-5,7-8,13H,6H2,1H3,(H,14,15). The summed E-state index contributed by atoms with van der Waals surface area (Å²) in [5.41, 5.74) is 2.15. The maximum Gasteiger partial charge on any atom is 0.306 e. The van der Waals surface area contributed by atoms with Gasteiger partial charge in [0.25, 0.3) is 0 Å². The van der Waals surface area contributed by atoms with Gasteiger partial charge in [0.15, 0.2) is 0 Å². The summed E-state index contributed by atoms with van der Waals surface area (Å²) in [4.78, 5) is 13.8. The number of carbonyl (C=O) groups is 1. The zero-order valence-corrected chi connectivity index (χ0v) is 8.53. The fourth-order valence-electron chi connectivity index (χ4n) is 1.67. The van der Waals surface area contributed by atoms with E-state index in [1.807, 2.05) is 30.5 Å². The summed E-state index contributed by atoms with van der Waals surface area (Å²) in [6, 6.07) is 7.98. The van der Waals surface area contributed by atoms with Gasteiger partial charge in [0.05, 0.1) is 5.92 Å². The van der Waals surface area contributed by atoms with Crippen LogP contribution < -0.4 is 0 Å². The summed E-state index contributed by atoms with van der Waals surface area (Å²) in [5, 5.41) is 9.94. The molecule has 1 aromatic carbocycles. The Bertz CT molecular complexity index is 487. The van der Waals surface area contributed by atoms with Gasteiger partial charge in [-0.2, -0.15) is 0 Å². The van der Waals surface area contributed by atoms with Gasteiger partial charge in [0.1, 0.15) is 0 Å². The maximum atomic E-state index is 10.7. The number of aromatic nitrogens is 1. The highest BCUT2D eigenvalue weighted by Crippen LogP contribution is 2.16. The molecule has 0 bridgehead atoms. The Morgan fingerprint density at radius 3 is 3.00 bits per heavy atom. The third-order valence-electron chi connectivity index (χ3n) is 2.58. The Kier molecular flexibility index (Phi) is 2.46. The molecule has 2 N–H and O–H groups in total. The molecule has 0 saturated carbocycles. The average Bonchev–Trinajstić information content (AvgIpc) is 2.64. The summed E-state index contributed by atoms with van der Waals surface area (Å²) in [5.74, 6) is -1.08. The van der Waals surface area contributed by atoms with Crippen LogP contribution in [0.1, 0.15) is 12.5 Å². The molecule has 3 nitrogen and oxygen atoms in total. The van der Waals surface area contributed by atoms with Crippen molar-refractivity contribution < 1.29 is 9.90 Å². The highest BCUT2D eigenvalue weighted by molar-refractivity contribution is 5.80. The molecular weight excluding hydrogens is 190 g/mol. The Hall–Kier alpha value is -1.77. The van der Waals surface area contributed by atoms with Crippen molar-refractivity contribution in [2.45, 2.75) is 13.3 Å². The van der Waals surface area contributed by atoms with E-state index in [0.29, 0.717) is 6.42 Å². The minimum atomic E-state index is -0.746. The molecule has 3 heteroatoms. The first-order chi connectivity index (χ1) is 7.16. The molecular formula is C12H13NO2. The lowest BCUT2D eigenvalue weighted by Gasteiger charge is -2.05. The molecule has 1 aromatic heterocycles. The quantitative estimate of drug-likeness (QED) is 0.804. The molecule has 0 amide bonds. The van der Waals surface area contributed by atoms with E-state index in [4.69, 9.17) is 5.11 Å².